The van der Waals surface area contributed by atoms with Crippen LogP contribution in [0.1, 0.15) is 58.9 Å². The third-order valence-electron chi connectivity index (χ3n) is 6.38. The number of aliphatic hydroxyl groups excluding tert-OH is 1. The highest BCUT2D eigenvalue weighted by molar-refractivity contribution is 6.08. The third kappa shape index (κ3) is 4.57. The first kappa shape index (κ1) is 22.9. The molecule has 0 radical (unpaired) electrons. The molecule has 1 unspecified atom stereocenters. The van der Waals surface area contributed by atoms with Gasteiger partial charge in [0, 0.05) is 18.7 Å². The van der Waals surface area contributed by atoms with Gasteiger partial charge in [-0.1, -0.05) is 6.07 Å². The van der Waals surface area contributed by atoms with Gasteiger partial charge in [-0.25, -0.2) is 14.4 Å². The number of aliphatic hydroxyl groups is 1. The van der Waals surface area contributed by atoms with E-state index in [4.69, 9.17) is 10.8 Å². The lowest BCUT2D eigenvalue weighted by Gasteiger charge is -2.32. The highest BCUT2D eigenvalue weighted by Gasteiger charge is 2.28. The van der Waals surface area contributed by atoms with Crippen molar-refractivity contribution in [3.63, 3.8) is 0 Å². The van der Waals surface area contributed by atoms with E-state index in [1.807, 2.05) is 6.20 Å². The van der Waals surface area contributed by atoms with E-state index in [9.17, 15) is 14.3 Å². The van der Waals surface area contributed by atoms with E-state index < -0.39 is 17.8 Å². The molecule has 1 aromatic carbocycles. The lowest BCUT2D eigenvalue weighted by molar-refractivity contribution is 0.102. The van der Waals surface area contributed by atoms with Crippen molar-refractivity contribution in [2.75, 3.05) is 11.9 Å². The second-order valence-corrected chi connectivity index (χ2v) is 9.00. The number of carbonyl (C=O) groups is 1. The van der Waals surface area contributed by atoms with Crippen LogP contribution < -0.4 is 5.32 Å². The van der Waals surface area contributed by atoms with Gasteiger partial charge in [0.1, 0.15) is 29.3 Å². The molecule has 1 saturated carbocycles. The first-order chi connectivity index (χ1) is 16.8. The number of piperidine rings is 1. The van der Waals surface area contributed by atoms with Crippen LogP contribution in [-0.2, 0) is 0 Å². The summed E-state index contributed by atoms with van der Waals surface area (Å²) in [6.45, 7) is 2.21. The van der Waals surface area contributed by atoms with Crippen LogP contribution in [0.25, 0.3) is 5.69 Å². The number of likely N-dealkylation sites (tertiary alicyclic amines) is 1. The van der Waals surface area contributed by atoms with Crippen LogP contribution >= 0.6 is 0 Å². The fourth-order valence-electron chi connectivity index (χ4n) is 4.24. The zero-order chi connectivity index (χ0) is 24.7. The van der Waals surface area contributed by atoms with Crippen molar-refractivity contribution in [1.29, 1.82) is 10.8 Å². The predicted molar refractivity (Wildman–Crippen MR) is 129 cm³/mol. The Morgan fingerprint density at radius 3 is 2.83 bits per heavy atom. The SMILES string of the molecule is Cc1cc(F)c(C(=O)Nc2cccc(C(=N)N3CCCC(O)C3=N)n2)cc1-n1cnc(C2CC2)c1. The van der Waals surface area contributed by atoms with Crippen LogP contribution in [0.15, 0.2) is 42.9 Å². The van der Waals surface area contributed by atoms with Gasteiger partial charge in [-0.2, -0.15) is 0 Å². The van der Waals surface area contributed by atoms with Crippen molar-refractivity contribution < 1.29 is 14.3 Å². The highest BCUT2D eigenvalue weighted by Crippen LogP contribution is 2.39. The second kappa shape index (κ2) is 9.03. The molecule has 0 spiro atoms. The summed E-state index contributed by atoms with van der Waals surface area (Å²) in [5.74, 6) is -0.763. The van der Waals surface area contributed by atoms with Crippen LogP contribution in [0.2, 0.25) is 0 Å². The Balaban J connectivity index is 1.37. The normalized spacial score (nSPS) is 18.0. The number of amidine groups is 2. The maximum absolute atomic E-state index is 14.8. The topological polar surface area (TPSA) is 131 Å². The van der Waals surface area contributed by atoms with Crippen molar-refractivity contribution in [1.82, 2.24) is 19.4 Å². The van der Waals surface area contributed by atoms with Gasteiger partial charge in [-0.05, 0) is 62.4 Å². The number of nitrogens with one attached hydrogen (secondary N) is 3. The monoisotopic (exact) mass is 475 g/mol. The van der Waals surface area contributed by atoms with E-state index in [1.165, 1.54) is 17.0 Å². The molecule has 180 valence electrons. The Labute approximate surface area is 201 Å². The molecule has 9 nitrogen and oxygen atoms in total. The molecular weight excluding hydrogens is 449 g/mol. The number of carbonyl (C=O) groups excluding carboxylic acids is 1. The summed E-state index contributed by atoms with van der Waals surface area (Å²) >= 11 is 0. The average Bonchev–Trinajstić information content (AvgIpc) is 3.57. The van der Waals surface area contributed by atoms with Gasteiger partial charge in [0.05, 0.1) is 23.3 Å². The zero-order valence-electron chi connectivity index (χ0n) is 19.3. The van der Waals surface area contributed by atoms with E-state index in [0.29, 0.717) is 36.6 Å². The molecule has 3 aromatic rings. The molecule has 1 saturated heterocycles. The molecule has 1 atom stereocenters. The minimum atomic E-state index is -0.915. The van der Waals surface area contributed by atoms with Gasteiger partial charge >= 0.3 is 0 Å². The number of benzene rings is 1. The van der Waals surface area contributed by atoms with Gasteiger partial charge in [-0.3, -0.25) is 15.6 Å². The summed E-state index contributed by atoms with van der Waals surface area (Å²) in [6.07, 6.45) is 6.06. The molecule has 5 rings (SSSR count). The number of amides is 1. The minimum absolute atomic E-state index is 0.0415. The molecule has 3 heterocycles. The standard InChI is InChI=1S/C25H26FN7O2/c1-14-10-17(26)16(11-20(14)32-12-19(29-13-32)15-7-8-15)25(35)31-22-6-2-4-18(30-22)23(27)33-9-3-5-21(34)24(33)28/h2,4,6,10-13,15,21,27-28,34H,3,5,7-9H2,1H3,(H,30,31,35). The van der Waals surface area contributed by atoms with Crippen molar-refractivity contribution in [2.24, 2.45) is 0 Å². The molecular formula is C25H26FN7O2. The van der Waals surface area contributed by atoms with Gasteiger partial charge in [0.2, 0.25) is 0 Å². The van der Waals surface area contributed by atoms with E-state index in [1.54, 1.807) is 36.0 Å². The molecule has 10 heteroatoms. The first-order valence-electron chi connectivity index (χ1n) is 11.6. The van der Waals surface area contributed by atoms with Gasteiger partial charge in [0.15, 0.2) is 5.84 Å². The first-order valence-corrected chi connectivity index (χ1v) is 11.6. The van der Waals surface area contributed by atoms with E-state index in [-0.39, 0.29) is 28.7 Å². The van der Waals surface area contributed by atoms with Crippen LogP contribution in [0.3, 0.4) is 0 Å². The summed E-state index contributed by atoms with van der Waals surface area (Å²) in [6, 6.07) is 7.59. The number of pyridine rings is 1. The molecule has 2 aromatic heterocycles. The minimum Gasteiger partial charge on any atom is -0.385 e. The van der Waals surface area contributed by atoms with Crippen LogP contribution in [0.5, 0.6) is 0 Å². The van der Waals surface area contributed by atoms with Gasteiger partial charge in [0.25, 0.3) is 5.91 Å². The maximum atomic E-state index is 14.8. The number of anilines is 1. The summed E-state index contributed by atoms with van der Waals surface area (Å²) in [5.41, 5.74) is 2.45. The summed E-state index contributed by atoms with van der Waals surface area (Å²) in [7, 11) is 0. The molecule has 2 aliphatic rings. The third-order valence-corrected chi connectivity index (χ3v) is 6.38. The fourth-order valence-corrected chi connectivity index (χ4v) is 4.24. The lowest BCUT2D eigenvalue weighted by atomic mass is 10.1. The number of rotatable bonds is 5. The lowest BCUT2D eigenvalue weighted by Crippen LogP contribution is -2.47. The summed E-state index contributed by atoms with van der Waals surface area (Å²) in [4.78, 5) is 23.1. The summed E-state index contributed by atoms with van der Waals surface area (Å²) < 4.78 is 16.6. The Morgan fingerprint density at radius 2 is 2.06 bits per heavy atom. The zero-order valence-corrected chi connectivity index (χ0v) is 19.3. The fraction of sp³-hybridized carbons (Fsp3) is 0.320. The number of aryl methyl sites for hydroxylation is 1. The molecule has 1 aliphatic carbocycles. The summed E-state index contributed by atoms with van der Waals surface area (Å²) in [5, 5.41) is 29.1. The molecule has 35 heavy (non-hydrogen) atoms. The molecule has 4 N–H and O–H groups in total. The molecule has 1 aliphatic heterocycles. The number of halogens is 1. The number of nitrogens with zero attached hydrogens (tertiary/aromatic N) is 4. The Morgan fingerprint density at radius 1 is 1.26 bits per heavy atom. The largest absolute Gasteiger partial charge is 0.385 e. The van der Waals surface area contributed by atoms with Crippen molar-refractivity contribution >= 4 is 23.4 Å². The van der Waals surface area contributed by atoms with Gasteiger partial charge < -0.3 is 19.9 Å². The van der Waals surface area contributed by atoms with Crippen LogP contribution in [0.4, 0.5) is 10.2 Å². The van der Waals surface area contributed by atoms with Crippen molar-refractivity contribution in [2.45, 2.75) is 44.6 Å². The second-order valence-electron chi connectivity index (χ2n) is 9.00. The quantitative estimate of drug-likeness (QED) is 0.331. The molecule has 1 amide bonds. The Bertz CT molecular complexity index is 1330. The highest BCUT2D eigenvalue weighted by atomic mass is 19.1. The Hall–Kier alpha value is -3.92. The van der Waals surface area contributed by atoms with Gasteiger partial charge in [-0.15, -0.1) is 0 Å². The van der Waals surface area contributed by atoms with Crippen LogP contribution in [-0.4, -0.2) is 54.8 Å². The Kier molecular flexibility index (Phi) is 5.89. The van der Waals surface area contributed by atoms with E-state index in [2.05, 4.69) is 15.3 Å². The van der Waals surface area contributed by atoms with Crippen LogP contribution in [0, 0.1) is 23.6 Å². The number of aromatic nitrogens is 3. The molecule has 0 bridgehead atoms. The van der Waals surface area contributed by atoms with Crippen molar-refractivity contribution in [3.05, 3.63) is 71.2 Å². The smallest absolute Gasteiger partial charge is 0.259 e. The number of hydrogen-bond donors (Lipinski definition) is 4. The number of hydrogen-bond acceptors (Lipinski definition) is 6. The molecule has 2 fully saturated rings. The maximum Gasteiger partial charge on any atom is 0.259 e. The van der Waals surface area contributed by atoms with Crippen molar-refractivity contribution in [3.8, 4) is 5.69 Å². The average molecular weight is 476 g/mol. The predicted octanol–water partition coefficient (Wildman–Crippen LogP) is 3.60. The van der Waals surface area contributed by atoms with E-state index in [0.717, 1.165) is 18.5 Å². The number of imidazole rings is 1. The van der Waals surface area contributed by atoms with E-state index >= 15 is 0 Å².